The highest BCUT2D eigenvalue weighted by Crippen LogP contribution is 2.49. The molecule has 0 aromatic carbocycles. The number of methoxy groups -OCH3 is 1. The molecule has 1 aliphatic rings. The summed E-state index contributed by atoms with van der Waals surface area (Å²) in [6.07, 6.45) is 2.50. The zero-order valence-corrected chi connectivity index (χ0v) is 12.0. The van der Waals surface area contributed by atoms with E-state index in [1.807, 2.05) is 0 Å². The molecule has 17 heavy (non-hydrogen) atoms. The van der Waals surface area contributed by atoms with Gasteiger partial charge in [0.05, 0.1) is 12.5 Å². The lowest BCUT2D eigenvalue weighted by atomic mass is 9.61. The molecular weight excluding hydrogens is 236 g/mol. The van der Waals surface area contributed by atoms with E-state index in [9.17, 15) is 4.79 Å². The van der Waals surface area contributed by atoms with Crippen molar-refractivity contribution in [2.75, 3.05) is 7.11 Å². The molecule has 98 valence electrons. The molecule has 0 unspecified atom stereocenters. The zero-order valence-electron chi connectivity index (χ0n) is 11.3. The Morgan fingerprint density at radius 1 is 1.65 bits per heavy atom. The molecule has 1 saturated carbocycles. The molecule has 0 bridgehead atoms. The molecule has 0 saturated heterocycles. The Balaban J connectivity index is 2.83. The van der Waals surface area contributed by atoms with Gasteiger partial charge in [0, 0.05) is 6.42 Å². The Hall–Kier alpha value is -0.500. The van der Waals surface area contributed by atoms with Gasteiger partial charge in [0.1, 0.15) is 0 Å². The van der Waals surface area contributed by atoms with Crippen LogP contribution in [0.15, 0.2) is 12.2 Å². The minimum absolute atomic E-state index is 0.0492. The maximum Gasteiger partial charge on any atom is 0.305 e. The monoisotopic (exact) mass is 258 g/mol. The second-order valence-corrected chi connectivity index (χ2v) is 6.33. The lowest BCUT2D eigenvalue weighted by Gasteiger charge is -2.45. The van der Waals surface area contributed by atoms with Gasteiger partial charge in [-0.05, 0) is 30.1 Å². The molecule has 3 atom stereocenters. The zero-order chi connectivity index (χ0) is 13.2. The van der Waals surface area contributed by atoms with Crippen molar-refractivity contribution in [3.63, 3.8) is 0 Å². The van der Waals surface area contributed by atoms with Gasteiger partial charge in [-0.2, -0.15) is 0 Å². The first-order chi connectivity index (χ1) is 7.79. The fraction of sp³-hybridized carbons (Fsp3) is 0.786. The maximum absolute atomic E-state index is 11.4. The second-order valence-electron chi connectivity index (χ2n) is 5.80. The van der Waals surface area contributed by atoms with Gasteiger partial charge in [0.2, 0.25) is 0 Å². The van der Waals surface area contributed by atoms with Crippen LogP contribution in [0, 0.1) is 17.3 Å². The molecule has 0 aromatic rings. The van der Waals surface area contributed by atoms with Gasteiger partial charge in [-0.25, -0.2) is 0 Å². The van der Waals surface area contributed by atoms with Crippen LogP contribution in [-0.4, -0.2) is 18.5 Å². The van der Waals surface area contributed by atoms with E-state index in [0.29, 0.717) is 6.42 Å². The van der Waals surface area contributed by atoms with Crippen molar-refractivity contribution in [3.8, 4) is 0 Å². The van der Waals surface area contributed by atoms with E-state index in [0.717, 1.165) is 18.4 Å². The van der Waals surface area contributed by atoms with Crippen molar-refractivity contribution in [2.45, 2.75) is 45.4 Å². The molecule has 0 amide bonds. The highest BCUT2D eigenvalue weighted by atomic mass is 35.5. The first-order valence-corrected chi connectivity index (χ1v) is 6.63. The number of rotatable bonds is 3. The molecule has 0 aliphatic heterocycles. The molecule has 2 nitrogen and oxygen atoms in total. The number of hydrogen-bond donors (Lipinski definition) is 0. The minimum Gasteiger partial charge on any atom is -0.469 e. The molecule has 3 heteroatoms. The fourth-order valence-corrected chi connectivity index (χ4v) is 3.38. The van der Waals surface area contributed by atoms with Crippen molar-refractivity contribution in [2.24, 2.45) is 17.3 Å². The van der Waals surface area contributed by atoms with Gasteiger partial charge in [0.15, 0.2) is 0 Å². The van der Waals surface area contributed by atoms with Gasteiger partial charge < -0.3 is 4.74 Å². The number of ether oxygens (including phenoxy) is 1. The van der Waals surface area contributed by atoms with Crippen LogP contribution >= 0.6 is 11.6 Å². The molecule has 1 fully saturated rings. The van der Waals surface area contributed by atoms with E-state index in [1.54, 1.807) is 0 Å². The number of carbonyl (C=O) groups excluding carboxylic acids is 1. The van der Waals surface area contributed by atoms with Crippen LogP contribution in [0.5, 0.6) is 0 Å². The van der Waals surface area contributed by atoms with E-state index in [-0.39, 0.29) is 28.6 Å². The number of allylic oxidation sites excluding steroid dienone is 1. The first kappa shape index (κ1) is 14.6. The number of halogens is 1. The summed E-state index contributed by atoms with van der Waals surface area (Å²) in [5.74, 6) is 0.363. The number of hydrogen-bond acceptors (Lipinski definition) is 2. The molecule has 0 spiro atoms. The Labute approximate surface area is 109 Å². The standard InChI is InChI=1S/C14H23ClO2/c1-9(8-12(16)17-5)13-10(2)11(15)6-7-14(13,3)4/h9,11,13H,2,6-8H2,1,3-5H3/t9-,11-,13+/m1/s1. The van der Waals surface area contributed by atoms with Crippen LogP contribution in [0.4, 0.5) is 0 Å². The van der Waals surface area contributed by atoms with Gasteiger partial charge in [-0.3, -0.25) is 4.79 Å². The lowest BCUT2D eigenvalue weighted by molar-refractivity contribution is -0.142. The normalized spacial score (nSPS) is 29.8. The summed E-state index contributed by atoms with van der Waals surface area (Å²) in [7, 11) is 1.43. The lowest BCUT2D eigenvalue weighted by Crippen LogP contribution is -2.38. The summed E-state index contributed by atoms with van der Waals surface area (Å²) in [4.78, 5) is 11.4. The molecule has 0 aromatic heterocycles. The van der Waals surface area contributed by atoms with E-state index in [2.05, 4.69) is 27.4 Å². The summed E-state index contributed by atoms with van der Waals surface area (Å²) in [6.45, 7) is 10.7. The van der Waals surface area contributed by atoms with E-state index in [4.69, 9.17) is 16.3 Å². The summed E-state index contributed by atoms with van der Waals surface area (Å²) in [6, 6.07) is 0. The molecule has 1 rings (SSSR count). The van der Waals surface area contributed by atoms with Gasteiger partial charge in [-0.15, -0.1) is 11.6 Å². The van der Waals surface area contributed by atoms with Crippen molar-refractivity contribution < 1.29 is 9.53 Å². The van der Waals surface area contributed by atoms with Crippen molar-refractivity contribution in [1.82, 2.24) is 0 Å². The third kappa shape index (κ3) is 3.25. The number of alkyl halides is 1. The Bertz CT molecular complexity index is 309. The number of carbonyl (C=O) groups is 1. The smallest absolute Gasteiger partial charge is 0.305 e. The average Bonchev–Trinajstić information content (AvgIpc) is 2.23. The highest BCUT2D eigenvalue weighted by Gasteiger charge is 2.41. The third-order valence-corrected chi connectivity index (χ3v) is 4.47. The van der Waals surface area contributed by atoms with Crippen molar-refractivity contribution in [3.05, 3.63) is 12.2 Å². The SMILES string of the molecule is C=C1[C@H](Cl)CCC(C)(C)[C@H]1[C@H](C)CC(=O)OC. The molecular formula is C14H23ClO2. The predicted octanol–water partition coefficient (Wildman–Crippen LogP) is 3.79. The van der Waals surface area contributed by atoms with Gasteiger partial charge in [0.25, 0.3) is 0 Å². The van der Waals surface area contributed by atoms with Crippen LogP contribution in [0.2, 0.25) is 0 Å². The van der Waals surface area contributed by atoms with Crippen LogP contribution in [0.1, 0.15) is 40.0 Å². The molecule has 1 aliphatic carbocycles. The maximum atomic E-state index is 11.4. The summed E-state index contributed by atoms with van der Waals surface area (Å²) >= 11 is 6.29. The largest absolute Gasteiger partial charge is 0.469 e. The summed E-state index contributed by atoms with van der Waals surface area (Å²) < 4.78 is 4.74. The minimum atomic E-state index is -0.155. The predicted molar refractivity (Wildman–Crippen MR) is 71.1 cm³/mol. The van der Waals surface area contributed by atoms with Crippen molar-refractivity contribution in [1.29, 1.82) is 0 Å². The van der Waals surface area contributed by atoms with Crippen LogP contribution in [0.25, 0.3) is 0 Å². The second kappa shape index (κ2) is 5.43. The fourth-order valence-electron chi connectivity index (χ4n) is 3.14. The summed E-state index contributed by atoms with van der Waals surface area (Å²) in [5, 5.41) is 0.0492. The van der Waals surface area contributed by atoms with Crippen LogP contribution in [-0.2, 0) is 9.53 Å². The Morgan fingerprint density at radius 2 is 2.24 bits per heavy atom. The number of esters is 1. The average molecular weight is 259 g/mol. The van der Waals surface area contributed by atoms with Crippen molar-refractivity contribution >= 4 is 17.6 Å². The quantitative estimate of drug-likeness (QED) is 0.437. The van der Waals surface area contributed by atoms with Crippen LogP contribution in [0.3, 0.4) is 0 Å². The third-order valence-electron chi connectivity index (χ3n) is 3.97. The summed E-state index contributed by atoms with van der Waals surface area (Å²) in [5.41, 5.74) is 1.25. The van der Waals surface area contributed by atoms with E-state index < -0.39 is 0 Å². The molecule has 0 radical (unpaired) electrons. The Kier molecular flexibility index (Phi) is 4.65. The molecule has 0 N–H and O–H groups in total. The van der Waals surface area contributed by atoms with Gasteiger partial charge in [-0.1, -0.05) is 32.9 Å². The van der Waals surface area contributed by atoms with Crippen LogP contribution < -0.4 is 0 Å². The highest BCUT2D eigenvalue weighted by molar-refractivity contribution is 6.22. The Morgan fingerprint density at radius 3 is 2.76 bits per heavy atom. The van der Waals surface area contributed by atoms with E-state index >= 15 is 0 Å². The first-order valence-electron chi connectivity index (χ1n) is 6.19. The molecule has 0 heterocycles. The van der Waals surface area contributed by atoms with Gasteiger partial charge >= 0.3 is 5.97 Å². The topological polar surface area (TPSA) is 26.3 Å². The van der Waals surface area contributed by atoms with E-state index in [1.165, 1.54) is 7.11 Å².